The summed E-state index contributed by atoms with van der Waals surface area (Å²) >= 11 is 12.2. The summed E-state index contributed by atoms with van der Waals surface area (Å²) in [5.74, 6) is 1.06. The van der Waals surface area contributed by atoms with Gasteiger partial charge in [-0.25, -0.2) is 14.8 Å². The van der Waals surface area contributed by atoms with Crippen LogP contribution in [0.15, 0.2) is 54.7 Å². The number of hydrogen-bond acceptors (Lipinski definition) is 4. The SMILES string of the molecule is O=C(Nc1ccccn1)N1CCCNc2ccc(-c3ccc(Cl)c(Cl)c3)nc21. The standard InChI is InChI=1S/C20H17Cl2N5O/c21-14-6-5-13(12-15(14)22)16-7-8-17-19(25-16)27(11-3-10-23-17)20(28)26-18-4-1-2-9-24-18/h1-2,4-9,12,23H,3,10-11H2,(H,24,26,28). The van der Waals surface area contributed by atoms with Crippen LogP contribution in [-0.2, 0) is 0 Å². The van der Waals surface area contributed by atoms with E-state index in [9.17, 15) is 4.79 Å². The maximum atomic E-state index is 12.9. The molecule has 3 heterocycles. The number of rotatable bonds is 2. The molecule has 2 N–H and O–H groups in total. The van der Waals surface area contributed by atoms with Gasteiger partial charge in [-0.15, -0.1) is 0 Å². The number of nitrogens with one attached hydrogen (secondary N) is 2. The van der Waals surface area contributed by atoms with Gasteiger partial charge in [-0.05, 0) is 42.8 Å². The molecule has 0 saturated carbocycles. The van der Waals surface area contributed by atoms with Crippen molar-refractivity contribution < 1.29 is 4.79 Å². The second-order valence-corrected chi connectivity index (χ2v) is 7.09. The first kappa shape index (κ1) is 18.5. The Morgan fingerprint density at radius 2 is 2.00 bits per heavy atom. The largest absolute Gasteiger partial charge is 0.382 e. The lowest BCUT2D eigenvalue weighted by Gasteiger charge is -2.22. The number of carbonyl (C=O) groups is 1. The lowest BCUT2D eigenvalue weighted by molar-refractivity contribution is 0.256. The Bertz CT molecular complexity index is 1010. The Labute approximate surface area is 172 Å². The molecule has 8 heteroatoms. The van der Waals surface area contributed by atoms with Gasteiger partial charge in [-0.2, -0.15) is 0 Å². The van der Waals surface area contributed by atoms with Gasteiger partial charge in [0.1, 0.15) is 5.82 Å². The summed E-state index contributed by atoms with van der Waals surface area (Å²) in [6, 6.07) is 14.3. The van der Waals surface area contributed by atoms with Crippen LogP contribution in [0.25, 0.3) is 11.3 Å². The van der Waals surface area contributed by atoms with Gasteiger partial charge in [0.05, 0.1) is 21.4 Å². The average Bonchev–Trinajstić information content (AvgIpc) is 2.93. The van der Waals surface area contributed by atoms with Crippen molar-refractivity contribution in [1.82, 2.24) is 9.97 Å². The second-order valence-electron chi connectivity index (χ2n) is 6.27. The molecule has 0 radical (unpaired) electrons. The lowest BCUT2D eigenvalue weighted by atomic mass is 10.1. The molecule has 3 aromatic rings. The van der Waals surface area contributed by atoms with Gasteiger partial charge >= 0.3 is 6.03 Å². The molecule has 0 fully saturated rings. The molecule has 0 aliphatic carbocycles. The van der Waals surface area contributed by atoms with E-state index in [4.69, 9.17) is 28.2 Å². The fraction of sp³-hybridized carbons (Fsp3) is 0.150. The van der Waals surface area contributed by atoms with E-state index in [1.807, 2.05) is 24.3 Å². The van der Waals surface area contributed by atoms with Crippen molar-refractivity contribution in [2.24, 2.45) is 0 Å². The number of nitrogens with zero attached hydrogens (tertiary/aromatic N) is 3. The number of anilines is 3. The zero-order valence-electron chi connectivity index (χ0n) is 14.8. The summed E-state index contributed by atoms with van der Waals surface area (Å²) in [5.41, 5.74) is 2.33. The van der Waals surface area contributed by atoms with Crippen molar-refractivity contribution in [3.05, 3.63) is 64.8 Å². The van der Waals surface area contributed by atoms with Gasteiger partial charge in [-0.1, -0.05) is 35.3 Å². The van der Waals surface area contributed by atoms with E-state index in [0.29, 0.717) is 33.9 Å². The van der Waals surface area contributed by atoms with Gasteiger partial charge in [0, 0.05) is 24.8 Å². The molecule has 0 unspecified atom stereocenters. The number of hydrogen-bond donors (Lipinski definition) is 2. The molecule has 4 rings (SSSR count). The maximum Gasteiger partial charge on any atom is 0.328 e. The van der Waals surface area contributed by atoms with Crippen molar-refractivity contribution in [2.75, 3.05) is 28.6 Å². The molecule has 1 aliphatic rings. The fourth-order valence-corrected chi connectivity index (χ4v) is 3.28. The van der Waals surface area contributed by atoms with Crippen LogP contribution in [0.3, 0.4) is 0 Å². The van der Waals surface area contributed by atoms with Crippen LogP contribution in [0.4, 0.5) is 22.1 Å². The van der Waals surface area contributed by atoms with Gasteiger partial charge < -0.3 is 5.32 Å². The first-order chi connectivity index (χ1) is 13.6. The fourth-order valence-electron chi connectivity index (χ4n) is 2.99. The minimum absolute atomic E-state index is 0.276. The zero-order chi connectivity index (χ0) is 19.5. The third kappa shape index (κ3) is 3.88. The van der Waals surface area contributed by atoms with E-state index in [1.165, 1.54) is 0 Å². The number of carbonyl (C=O) groups excluding carboxylic acids is 1. The molecule has 0 atom stereocenters. The van der Waals surface area contributed by atoms with Crippen LogP contribution in [0.5, 0.6) is 0 Å². The molecule has 2 amide bonds. The van der Waals surface area contributed by atoms with Crippen LogP contribution in [0.1, 0.15) is 6.42 Å². The topological polar surface area (TPSA) is 70.2 Å². The molecule has 0 saturated heterocycles. The molecule has 1 aliphatic heterocycles. The van der Waals surface area contributed by atoms with Gasteiger partial charge in [0.25, 0.3) is 0 Å². The van der Waals surface area contributed by atoms with E-state index in [-0.39, 0.29) is 6.03 Å². The molecule has 0 spiro atoms. The number of halogens is 2. The van der Waals surface area contributed by atoms with Crippen molar-refractivity contribution >= 4 is 46.6 Å². The van der Waals surface area contributed by atoms with E-state index in [2.05, 4.69) is 15.6 Å². The Morgan fingerprint density at radius 3 is 2.79 bits per heavy atom. The van der Waals surface area contributed by atoms with Crippen LogP contribution < -0.4 is 15.5 Å². The predicted octanol–water partition coefficient (Wildman–Crippen LogP) is 5.30. The van der Waals surface area contributed by atoms with Crippen molar-refractivity contribution in [3.8, 4) is 11.3 Å². The van der Waals surface area contributed by atoms with Gasteiger partial charge in [-0.3, -0.25) is 10.2 Å². The normalized spacial score (nSPS) is 13.3. The first-order valence-corrected chi connectivity index (χ1v) is 9.57. The third-order valence-corrected chi connectivity index (χ3v) is 5.10. The number of aromatic nitrogens is 2. The summed E-state index contributed by atoms with van der Waals surface area (Å²) in [4.78, 5) is 23.4. The number of pyridine rings is 2. The van der Waals surface area contributed by atoms with Crippen molar-refractivity contribution in [3.63, 3.8) is 0 Å². The number of amides is 2. The highest BCUT2D eigenvalue weighted by Gasteiger charge is 2.23. The predicted molar refractivity (Wildman–Crippen MR) is 113 cm³/mol. The smallest absolute Gasteiger partial charge is 0.328 e. The second kappa shape index (κ2) is 8.04. The van der Waals surface area contributed by atoms with E-state index < -0.39 is 0 Å². The molecule has 0 bridgehead atoms. The van der Waals surface area contributed by atoms with Crippen LogP contribution in [0.2, 0.25) is 10.0 Å². The Morgan fingerprint density at radius 1 is 1.11 bits per heavy atom. The number of fused-ring (bicyclic) bond motifs is 1. The van der Waals surface area contributed by atoms with E-state index in [0.717, 1.165) is 24.2 Å². The minimum atomic E-state index is -0.276. The lowest BCUT2D eigenvalue weighted by Crippen LogP contribution is -2.36. The third-order valence-electron chi connectivity index (χ3n) is 4.37. The summed E-state index contributed by atoms with van der Waals surface area (Å²) in [6.45, 7) is 1.30. The Kier molecular flexibility index (Phi) is 5.32. The zero-order valence-corrected chi connectivity index (χ0v) is 16.3. The van der Waals surface area contributed by atoms with Crippen LogP contribution >= 0.6 is 23.2 Å². The van der Waals surface area contributed by atoms with Crippen molar-refractivity contribution in [1.29, 1.82) is 0 Å². The monoisotopic (exact) mass is 413 g/mol. The number of benzene rings is 1. The average molecular weight is 414 g/mol. The molecular formula is C20H17Cl2N5O. The summed E-state index contributed by atoms with van der Waals surface area (Å²) in [6.07, 6.45) is 2.43. The Balaban J connectivity index is 1.69. The van der Waals surface area contributed by atoms with Crippen molar-refractivity contribution in [2.45, 2.75) is 6.42 Å². The molecule has 1 aromatic carbocycles. The highest BCUT2D eigenvalue weighted by Crippen LogP contribution is 2.32. The summed E-state index contributed by atoms with van der Waals surface area (Å²) in [5, 5.41) is 7.09. The van der Waals surface area contributed by atoms with Crippen LogP contribution in [0, 0.1) is 0 Å². The van der Waals surface area contributed by atoms with E-state index in [1.54, 1.807) is 35.4 Å². The summed E-state index contributed by atoms with van der Waals surface area (Å²) < 4.78 is 0. The molecule has 2 aromatic heterocycles. The van der Waals surface area contributed by atoms with Gasteiger partial charge in [0.15, 0.2) is 5.82 Å². The van der Waals surface area contributed by atoms with Crippen LogP contribution in [-0.4, -0.2) is 29.1 Å². The molecular weight excluding hydrogens is 397 g/mol. The maximum absolute atomic E-state index is 12.9. The molecule has 28 heavy (non-hydrogen) atoms. The molecule has 6 nitrogen and oxygen atoms in total. The Hall–Kier alpha value is -2.83. The van der Waals surface area contributed by atoms with Gasteiger partial charge in [0.2, 0.25) is 0 Å². The highest BCUT2D eigenvalue weighted by atomic mass is 35.5. The first-order valence-electron chi connectivity index (χ1n) is 8.82. The summed E-state index contributed by atoms with van der Waals surface area (Å²) in [7, 11) is 0. The number of urea groups is 1. The minimum Gasteiger partial charge on any atom is -0.382 e. The molecule has 142 valence electrons. The van der Waals surface area contributed by atoms with E-state index >= 15 is 0 Å². The quantitative estimate of drug-likeness (QED) is 0.597. The highest BCUT2D eigenvalue weighted by molar-refractivity contribution is 6.42.